The van der Waals surface area contributed by atoms with E-state index < -0.39 is 0 Å². The van der Waals surface area contributed by atoms with Crippen molar-refractivity contribution >= 4 is 11.4 Å². The standard InChI is InChI=1S/C17H21NO5/c1-19-11-6-8-14(20-2)13(10-11)18-12-7-9-15(21-3)17(23-5)16(12)22-4/h6-10,18H,1-5H3. The molecule has 23 heavy (non-hydrogen) atoms. The van der Waals surface area contributed by atoms with Gasteiger partial charge in [0, 0.05) is 6.07 Å². The van der Waals surface area contributed by atoms with E-state index in [0.717, 1.165) is 11.4 Å². The van der Waals surface area contributed by atoms with Crippen LogP contribution >= 0.6 is 0 Å². The third kappa shape index (κ3) is 3.36. The smallest absolute Gasteiger partial charge is 0.205 e. The van der Waals surface area contributed by atoms with E-state index >= 15 is 0 Å². The molecule has 6 nitrogen and oxygen atoms in total. The fraction of sp³-hybridized carbons (Fsp3) is 0.294. The van der Waals surface area contributed by atoms with Gasteiger partial charge in [0.25, 0.3) is 0 Å². The lowest BCUT2D eigenvalue weighted by atomic mass is 10.2. The van der Waals surface area contributed by atoms with Gasteiger partial charge in [-0.2, -0.15) is 0 Å². The fourth-order valence-electron chi connectivity index (χ4n) is 2.26. The van der Waals surface area contributed by atoms with Crippen molar-refractivity contribution in [3.63, 3.8) is 0 Å². The average Bonchev–Trinajstić information content (AvgIpc) is 2.60. The first-order valence-electron chi connectivity index (χ1n) is 6.96. The molecule has 6 heteroatoms. The Hall–Kier alpha value is -2.76. The molecule has 0 saturated heterocycles. The van der Waals surface area contributed by atoms with Crippen molar-refractivity contribution in [3.8, 4) is 28.7 Å². The van der Waals surface area contributed by atoms with Crippen LogP contribution in [0.1, 0.15) is 0 Å². The van der Waals surface area contributed by atoms with Gasteiger partial charge in [-0.05, 0) is 24.3 Å². The highest BCUT2D eigenvalue weighted by Crippen LogP contribution is 2.44. The number of benzene rings is 2. The molecule has 0 aliphatic carbocycles. The summed E-state index contributed by atoms with van der Waals surface area (Å²) in [5.41, 5.74) is 1.47. The number of ether oxygens (including phenoxy) is 5. The Kier molecular flexibility index (Phi) is 5.41. The normalized spacial score (nSPS) is 9.96. The maximum Gasteiger partial charge on any atom is 0.205 e. The molecule has 2 aromatic rings. The average molecular weight is 319 g/mol. The largest absolute Gasteiger partial charge is 0.497 e. The van der Waals surface area contributed by atoms with E-state index in [4.69, 9.17) is 23.7 Å². The molecule has 0 amide bonds. The molecule has 2 aromatic carbocycles. The van der Waals surface area contributed by atoms with E-state index in [0.29, 0.717) is 28.7 Å². The second-order valence-electron chi connectivity index (χ2n) is 4.57. The van der Waals surface area contributed by atoms with Crippen LogP contribution in [-0.4, -0.2) is 35.5 Å². The van der Waals surface area contributed by atoms with Gasteiger partial charge in [-0.25, -0.2) is 0 Å². The molecule has 0 atom stereocenters. The number of hydrogen-bond acceptors (Lipinski definition) is 6. The highest BCUT2D eigenvalue weighted by molar-refractivity contribution is 5.76. The second kappa shape index (κ2) is 7.49. The van der Waals surface area contributed by atoms with Gasteiger partial charge >= 0.3 is 0 Å². The molecule has 0 saturated carbocycles. The first kappa shape index (κ1) is 16.6. The van der Waals surface area contributed by atoms with Crippen molar-refractivity contribution in [2.24, 2.45) is 0 Å². The lowest BCUT2D eigenvalue weighted by Gasteiger charge is -2.18. The Morgan fingerprint density at radius 3 is 1.83 bits per heavy atom. The molecule has 0 aliphatic rings. The minimum Gasteiger partial charge on any atom is -0.497 e. The monoisotopic (exact) mass is 319 g/mol. The van der Waals surface area contributed by atoms with Crippen LogP contribution in [-0.2, 0) is 0 Å². The molecular formula is C17H21NO5. The molecule has 0 spiro atoms. The topological polar surface area (TPSA) is 58.2 Å². The summed E-state index contributed by atoms with van der Waals surface area (Å²) < 4.78 is 26.8. The van der Waals surface area contributed by atoms with E-state index in [-0.39, 0.29) is 0 Å². The minimum absolute atomic E-state index is 0.516. The maximum absolute atomic E-state index is 5.47. The van der Waals surface area contributed by atoms with E-state index in [1.54, 1.807) is 41.6 Å². The Labute approximate surface area is 135 Å². The molecule has 0 fully saturated rings. The van der Waals surface area contributed by atoms with Crippen molar-refractivity contribution in [1.29, 1.82) is 0 Å². The molecular weight excluding hydrogens is 298 g/mol. The predicted molar refractivity (Wildman–Crippen MR) is 88.9 cm³/mol. The number of hydrogen-bond donors (Lipinski definition) is 1. The molecule has 1 N–H and O–H groups in total. The van der Waals surface area contributed by atoms with Crippen LogP contribution in [0.25, 0.3) is 0 Å². The highest BCUT2D eigenvalue weighted by atomic mass is 16.5. The van der Waals surface area contributed by atoms with Crippen LogP contribution in [0.2, 0.25) is 0 Å². The highest BCUT2D eigenvalue weighted by Gasteiger charge is 2.17. The van der Waals surface area contributed by atoms with E-state index in [2.05, 4.69) is 5.32 Å². The summed E-state index contributed by atoms with van der Waals surface area (Å²) in [6.45, 7) is 0. The van der Waals surface area contributed by atoms with Crippen molar-refractivity contribution in [2.75, 3.05) is 40.9 Å². The first-order valence-corrected chi connectivity index (χ1v) is 6.96. The van der Waals surface area contributed by atoms with Gasteiger partial charge in [0.2, 0.25) is 5.75 Å². The Morgan fingerprint density at radius 2 is 1.26 bits per heavy atom. The number of nitrogens with one attached hydrogen (secondary N) is 1. The molecule has 2 rings (SSSR count). The minimum atomic E-state index is 0.516. The SMILES string of the molecule is COc1ccc(OC)c(Nc2ccc(OC)c(OC)c2OC)c1. The maximum atomic E-state index is 5.47. The lowest BCUT2D eigenvalue weighted by molar-refractivity contribution is 0.325. The van der Waals surface area contributed by atoms with Crippen LogP contribution in [0.15, 0.2) is 30.3 Å². The Morgan fingerprint density at radius 1 is 0.609 bits per heavy atom. The fourth-order valence-corrected chi connectivity index (χ4v) is 2.26. The van der Waals surface area contributed by atoms with Gasteiger partial charge < -0.3 is 29.0 Å². The molecule has 0 unspecified atom stereocenters. The van der Waals surface area contributed by atoms with Gasteiger partial charge in [0.05, 0.1) is 46.9 Å². The quantitative estimate of drug-likeness (QED) is 0.843. The van der Waals surface area contributed by atoms with Crippen LogP contribution in [0, 0.1) is 0 Å². The van der Waals surface area contributed by atoms with Crippen molar-refractivity contribution < 1.29 is 23.7 Å². The molecule has 0 heterocycles. The van der Waals surface area contributed by atoms with Crippen LogP contribution in [0.4, 0.5) is 11.4 Å². The Balaban J connectivity index is 2.48. The summed E-state index contributed by atoms with van der Waals surface area (Å²) in [4.78, 5) is 0. The molecule has 0 bridgehead atoms. The zero-order chi connectivity index (χ0) is 16.8. The zero-order valence-corrected chi connectivity index (χ0v) is 13.9. The summed E-state index contributed by atoms with van der Waals surface area (Å²) in [6.07, 6.45) is 0. The van der Waals surface area contributed by atoms with Crippen LogP contribution in [0.3, 0.4) is 0 Å². The van der Waals surface area contributed by atoms with E-state index in [1.807, 2.05) is 24.3 Å². The summed E-state index contributed by atoms with van der Waals surface area (Å²) >= 11 is 0. The van der Waals surface area contributed by atoms with Crippen molar-refractivity contribution in [1.82, 2.24) is 0 Å². The summed E-state index contributed by atoms with van der Waals surface area (Å²) in [7, 11) is 7.94. The Bertz CT molecular complexity index is 672. The van der Waals surface area contributed by atoms with Gasteiger partial charge in [0.1, 0.15) is 11.5 Å². The van der Waals surface area contributed by atoms with Gasteiger partial charge in [-0.15, -0.1) is 0 Å². The first-order chi connectivity index (χ1) is 11.2. The van der Waals surface area contributed by atoms with Crippen LogP contribution in [0.5, 0.6) is 28.7 Å². The summed E-state index contributed by atoms with van der Waals surface area (Å²) in [5, 5.41) is 3.28. The molecule has 0 radical (unpaired) electrons. The third-order valence-corrected chi connectivity index (χ3v) is 3.38. The number of methoxy groups -OCH3 is 5. The van der Waals surface area contributed by atoms with Crippen molar-refractivity contribution in [3.05, 3.63) is 30.3 Å². The van der Waals surface area contributed by atoms with E-state index in [1.165, 1.54) is 0 Å². The van der Waals surface area contributed by atoms with Crippen molar-refractivity contribution in [2.45, 2.75) is 0 Å². The summed E-state index contributed by atoms with van der Waals surface area (Å²) in [5.74, 6) is 3.04. The number of rotatable bonds is 7. The third-order valence-electron chi connectivity index (χ3n) is 3.38. The van der Waals surface area contributed by atoms with Crippen LogP contribution < -0.4 is 29.0 Å². The van der Waals surface area contributed by atoms with Gasteiger partial charge in [-0.1, -0.05) is 0 Å². The molecule has 124 valence electrons. The predicted octanol–water partition coefficient (Wildman–Crippen LogP) is 3.47. The summed E-state index contributed by atoms with van der Waals surface area (Å²) in [6, 6.07) is 9.15. The van der Waals surface area contributed by atoms with Gasteiger partial charge in [-0.3, -0.25) is 0 Å². The number of anilines is 2. The second-order valence-corrected chi connectivity index (χ2v) is 4.57. The molecule has 0 aromatic heterocycles. The van der Waals surface area contributed by atoms with Gasteiger partial charge in [0.15, 0.2) is 11.5 Å². The van der Waals surface area contributed by atoms with E-state index in [9.17, 15) is 0 Å². The molecule has 0 aliphatic heterocycles. The lowest BCUT2D eigenvalue weighted by Crippen LogP contribution is -2.01. The zero-order valence-electron chi connectivity index (χ0n) is 13.9.